The van der Waals surface area contributed by atoms with E-state index < -0.39 is 5.60 Å². The molecule has 0 atom stereocenters. The van der Waals surface area contributed by atoms with Crippen LogP contribution in [0.3, 0.4) is 0 Å². The summed E-state index contributed by atoms with van der Waals surface area (Å²) in [7, 11) is 0. The van der Waals surface area contributed by atoms with E-state index in [1.165, 1.54) is 16.7 Å². The predicted octanol–water partition coefficient (Wildman–Crippen LogP) is 5.74. The fourth-order valence-corrected chi connectivity index (χ4v) is 4.33. The Labute approximate surface area is 201 Å². The van der Waals surface area contributed by atoms with Crippen molar-refractivity contribution in [3.05, 3.63) is 110 Å². The van der Waals surface area contributed by atoms with Gasteiger partial charge in [0, 0.05) is 11.5 Å². The molecule has 0 aliphatic heterocycles. The molecule has 0 radical (unpaired) electrons. The molecule has 2 nitrogen and oxygen atoms in total. The zero-order chi connectivity index (χ0) is 23.3. The number of halogens is 1. The van der Waals surface area contributed by atoms with Crippen LogP contribution in [0.5, 0.6) is 0 Å². The van der Waals surface area contributed by atoms with Crippen molar-refractivity contribution in [1.29, 1.82) is 0 Å². The Bertz CT molecular complexity index is 1310. The molecule has 1 aliphatic rings. The summed E-state index contributed by atoms with van der Waals surface area (Å²) in [4.78, 5) is 4.77. The van der Waals surface area contributed by atoms with E-state index in [2.05, 4.69) is 54.6 Å². The van der Waals surface area contributed by atoms with E-state index >= 15 is 0 Å². The van der Waals surface area contributed by atoms with Gasteiger partial charge >= 0.3 is 0 Å². The minimum atomic E-state index is -0.816. The molecule has 3 aromatic rings. The first-order chi connectivity index (χ1) is 15.9. The Balaban J connectivity index is 1.42. The number of fused-ring (bicyclic) bond motifs is 1. The van der Waals surface area contributed by atoms with Crippen molar-refractivity contribution in [2.75, 3.05) is 0 Å². The van der Waals surface area contributed by atoms with Crippen molar-refractivity contribution in [3.8, 4) is 0 Å². The van der Waals surface area contributed by atoms with Crippen molar-refractivity contribution in [3.63, 3.8) is 0 Å². The van der Waals surface area contributed by atoms with Crippen LogP contribution in [0.25, 0.3) is 24.3 Å². The summed E-state index contributed by atoms with van der Waals surface area (Å²) in [6, 6.07) is 21.0. The minimum absolute atomic E-state index is 0.716. The average molecular weight is 456 g/mol. The van der Waals surface area contributed by atoms with Crippen LogP contribution in [0.2, 0.25) is 0 Å². The maximum absolute atomic E-state index is 10.4. The Kier molecular flexibility index (Phi) is 7.27. The van der Waals surface area contributed by atoms with Gasteiger partial charge in [-0.15, -0.1) is 0 Å². The number of hydrogen-bond donors (Lipinski definition) is 1. The van der Waals surface area contributed by atoms with Crippen molar-refractivity contribution in [2.24, 2.45) is 0 Å². The third-order valence-corrected chi connectivity index (χ3v) is 6.18. The van der Waals surface area contributed by atoms with Crippen LogP contribution in [0.1, 0.15) is 54.6 Å². The smallest absolute Gasteiger partial charge is 0.0843 e. The van der Waals surface area contributed by atoms with E-state index in [1.807, 2.05) is 50.3 Å². The van der Waals surface area contributed by atoms with E-state index in [0.29, 0.717) is 6.42 Å². The van der Waals surface area contributed by atoms with Crippen LogP contribution in [-0.4, -0.2) is 10.1 Å². The molecule has 0 spiro atoms. The molecule has 1 aromatic heterocycles. The largest absolute Gasteiger partial charge is 0.386 e. The normalized spacial score (nSPS) is 13.6. The standard InChI is InChI=1S/C30H30ClNO/c1-30(2,33)28-12-4-3-10-24(28)11-6-9-22-7-5-8-23(21-22)13-18-27-19-15-25-14-16-26(31)17-20-29(25)32-27/h3-5,7-8,10,12-16,18-21,33H,6,9,11,17H2,1-2H3/b18-13+. The molecule has 0 bridgehead atoms. The summed E-state index contributed by atoms with van der Waals surface area (Å²) >= 11 is 6.15. The number of hydrogen-bond acceptors (Lipinski definition) is 2. The molecule has 2 aromatic carbocycles. The number of nitrogens with zero attached hydrogens (tertiary/aromatic N) is 1. The zero-order valence-electron chi connectivity index (χ0n) is 19.3. The number of pyridine rings is 1. The second kappa shape index (κ2) is 10.3. The van der Waals surface area contributed by atoms with Gasteiger partial charge in [0.15, 0.2) is 0 Å². The quantitative estimate of drug-likeness (QED) is 0.492. The average Bonchev–Trinajstić information content (AvgIpc) is 2.99. The summed E-state index contributed by atoms with van der Waals surface area (Å²) < 4.78 is 0. The van der Waals surface area contributed by atoms with Gasteiger partial charge in [-0.05, 0) is 78.8 Å². The molecular weight excluding hydrogens is 426 g/mol. The molecule has 1 heterocycles. The fourth-order valence-electron chi connectivity index (χ4n) is 4.19. The number of rotatable bonds is 7. The van der Waals surface area contributed by atoms with E-state index in [0.717, 1.165) is 46.1 Å². The molecule has 0 amide bonds. The topological polar surface area (TPSA) is 33.1 Å². The molecule has 168 valence electrons. The van der Waals surface area contributed by atoms with Gasteiger partial charge in [0.1, 0.15) is 0 Å². The maximum Gasteiger partial charge on any atom is 0.0843 e. The Morgan fingerprint density at radius 2 is 1.82 bits per heavy atom. The highest BCUT2D eigenvalue weighted by molar-refractivity contribution is 6.30. The van der Waals surface area contributed by atoms with E-state index in [1.54, 1.807) is 0 Å². The van der Waals surface area contributed by atoms with Crippen molar-refractivity contribution >= 4 is 35.9 Å². The highest BCUT2D eigenvalue weighted by Gasteiger charge is 2.18. The summed E-state index contributed by atoms with van der Waals surface area (Å²) in [6.07, 6.45) is 13.9. The lowest BCUT2D eigenvalue weighted by molar-refractivity contribution is 0.0776. The van der Waals surface area contributed by atoms with Gasteiger partial charge in [-0.2, -0.15) is 0 Å². The molecule has 0 unspecified atom stereocenters. The summed E-state index contributed by atoms with van der Waals surface area (Å²) in [5, 5.41) is 13.3. The highest BCUT2D eigenvalue weighted by Crippen LogP contribution is 2.25. The third-order valence-electron chi connectivity index (χ3n) is 5.90. The number of allylic oxidation sites excluding steroid dienone is 2. The lowest BCUT2D eigenvalue weighted by atomic mass is 9.90. The molecule has 1 aliphatic carbocycles. The first-order valence-corrected chi connectivity index (χ1v) is 11.9. The van der Waals surface area contributed by atoms with Crippen LogP contribution < -0.4 is 10.6 Å². The van der Waals surface area contributed by atoms with Crippen molar-refractivity contribution in [1.82, 2.24) is 4.98 Å². The van der Waals surface area contributed by atoms with E-state index in [9.17, 15) is 5.11 Å². The number of aliphatic hydroxyl groups is 1. The van der Waals surface area contributed by atoms with Gasteiger partial charge in [0.2, 0.25) is 0 Å². The van der Waals surface area contributed by atoms with Gasteiger partial charge < -0.3 is 5.11 Å². The second-order valence-corrected chi connectivity index (χ2v) is 9.53. The Morgan fingerprint density at radius 3 is 2.67 bits per heavy atom. The van der Waals surface area contributed by atoms with Crippen molar-refractivity contribution in [2.45, 2.75) is 45.1 Å². The van der Waals surface area contributed by atoms with Crippen LogP contribution in [0.4, 0.5) is 0 Å². The lowest BCUT2D eigenvalue weighted by Crippen LogP contribution is -2.27. The van der Waals surface area contributed by atoms with Crippen LogP contribution >= 0.6 is 11.6 Å². The molecular formula is C30H30ClNO. The van der Waals surface area contributed by atoms with Crippen LogP contribution in [0.15, 0.2) is 71.8 Å². The van der Waals surface area contributed by atoms with Gasteiger partial charge in [0.05, 0.1) is 16.6 Å². The van der Waals surface area contributed by atoms with Gasteiger partial charge in [0.25, 0.3) is 0 Å². The summed E-state index contributed by atoms with van der Waals surface area (Å²) in [5.74, 6) is 0. The fraction of sp³-hybridized carbons (Fsp3) is 0.233. The van der Waals surface area contributed by atoms with Gasteiger partial charge in [-0.3, -0.25) is 0 Å². The number of benzene rings is 2. The predicted molar refractivity (Wildman–Crippen MR) is 140 cm³/mol. The summed E-state index contributed by atoms with van der Waals surface area (Å²) in [5.41, 5.74) is 4.84. The molecule has 3 heteroatoms. The van der Waals surface area contributed by atoms with E-state index in [-0.39, 0.29) is 0 Å². The van der Waals surface area contributed by atoms with Crippen molar-refractivity contribution < 1.29 is 5.11 Å². The second-order valence-electron chi connectivity index (χ2n) is 9.05. The molecule has 0 fully saturated rings. The van der Waals surface area contributed by atoms with Gasteiger partial charge in [-0.25, -0.2) is 4.98 Å². The van der Waals surface area contributed by atoms with Gasteiger partial charge in [-0.1, -0.05) is 84.4 Å². The van der Waals surface area contributed by atoms with Crippen LogP contribution in [0, 0.1) is 0 Å². The molecule has 0 saturated heterocycles. The SMILES string of the molecule is CC(C)(O)c1ccccc1CCCc1cccc(/C=C/c2ccc3c(n2)=CCC(Cl)=CC=3)c1. The minimum Gasteiger partial charge on any atom is -0.386 e. The first-order valence-electron chi connectivity index (χ1n) is 11.5. The monoisotopic (exact) mass is 455 g/mol. The number of aromatic nitrogens is 1. The summed E-state index contributed by atoms with van der Waals surface area (Å²) in [6.45, 7) is 3.70. The zero-order valence-corrected chi connectivity index (χ0v) is 20.0. The Hall–Kier alpha value is -2.94. The maximum atomic E-state index is 10.4. The third kappa shape index (κ3) is 6.31. The Morgan fingerprint density at radius 1 is 0.970 bits per heavy atom. The molecule has 0 saturated carbocycles. The number of aryl methyl sites for hydroxylation is 2. The molecule has 4 rings (SSSR count). The lowest BCUT2D eigenvalue weighted by Gasteiger charge is -2.21. The first kappa shape index (κ1) is 23.2. The highest BCUT2D eigenvalue weighted by atomic mass is 35.5. The molecule has 1 N–H and O–H groups in total. The van der Waals surface area contributed by atoms with E-state index in [4.69, 9.17) is 16.6 Å². The van der Waals surface area contributed by atoms with Crippen LogP contribution in [-0.2, 0) is 18.4 Å². The molecule has 33 heavy (non-hydrogen) atoms.